The third kappa shape index (κ3) is 4.36. The minimum absolute atomic E-state index is 0.0570. The number of amides is 1. The van der Waals surface area contributed by atoms with Crippen LogP contribution in [0.1, 0.15) is 23.2 Å². The molecule has 0 radical (unpaired) electrons. The van der Waals surface area contributed by atoms with Gasteiger partial charge in [-0.3, -0.25) is 4.79 Å². The number of aryl methyl sites for hydroxylation is 1. The first-order chi connectivity index (χ1) is 13.5. The molecule has 1 N–H and O–H groups in total. The summed E-state index contributed by atoms with van der Waals surface area (Å²) in [4.78, 5) is 16.4. The van der Waals surface area contributed by atoms with Crippen LogP contribution in [0.2, 0.25) is 0 Å². The van der Waals surface area contributed by atoms with Gasteiger partial charge in [-0.25, -0.2) is 4.39 Å². The van der Waals surface area contributed by atoms with Crippen LogP contribution < -0.4 is 10.2 Å². The number of nitrogens with zero attached hydrogens (tertiary/aromatic N) is 5. The fourth-order valence-electron chi connectivity index (χ4n) is 3.18. The molecule has 8 heteroatoms. The molecule has 2 heterocycles. The lowest BCUT2D eigenvalue weighted by atomic mass is 10.1. The number of piperazine rings is 1. The number of carbonyl (C=O) groups is 1. The molecule has 2 aromatic rings. The number of nitriles is 1. The Bertz CT molecular complexity index is 885. The Balaban J connectivity index is 1.48. The maximum absolute atomic E-state index is 13.0. The van der Waals surface area contributed by atoms with Crippen molar-refractivity contribution in [2.24, 2.45) is 0 Å². The highest BCUT2D eigenvalue weighted by molar-refractivity contribution is 5.77. The summed E-state index contributed by atoms with van der Waals surface area (Å²) in [5.74, 6) is 0.221. The maximum Gasteiger partial charge on any atom is 0.224 e. The van der Waals surface area contributed by atoms with Crippen LogP contribution in [0.3, 0.4) is 0 Å². The van der Waals surface area contributed by atoms with Gasteiger partial charge in [-0.1, -0.05) is 0 Å². The zero-order chi connectivity index (χ0) is 20.1. The summed E-state index contributed by atoms with van der Waals surface area (Å²) in [5, 5.41) is 20.4. The summed E-state index contributed by atoms with van der Waals surface area (Å²) >= 11 is 0. The highest BCUT2D eigenvalue weighted by atomic mass is 19.1. The van der Waals surface area contributed by atoms with E-state index < -0.39 is 0 Å². The van der Waals surface area contributed by atoms with Gasteiger partial charge in [0, 0.05) is 44.8 Å². The highest BCUT2D eigenvalue weighted by Gasteiger charge is 2.21. The van der Waals surface area contributed by atoms with E-state index in [9.17, 15) is 14.4 Å². The predicted octanol–water partition coefficient (Wildman–Crippen LogP) is 2.26. The molecular weight excluding hydrogens is 359 g/mol. The van der Waals surface area contributed by atoms with Crippen molar-refractivity contribution in [3.8, 4) is 6.07 Å². The molecule has 0 unspecified atom stereocenters. The molecule has 0 atom stereocenters. The molecule has 1 saturated heterocycles. The van der Waals surface area contributed by atoms with Gasteiger partial charge in [0.1, 0.15) is 17.4 Å². The number of halogens is 1. The van der Waals surface area contributed by atoms with Crippen molar-refractivity contribution in [2.45, 2.75) is 20.3 Å². The number of benzene rings is 1. The lowest BCUT2D eigenvalue weighted by molar-refractivity contribution is -0.131. The minimum atomic E-state index is -0.252. The number of carbonyl (C=O) groups excluding carboxylic acids is 1. The molecule has 0 aliphatic carbocycles. The highest BCUT2D eigenvalue weighted by Crippen LogP contribution is 2.18. The fraction of sp³-hybridized carbons (Fsp3) is 0.400. The van der Waals surface area contributed by atoms with Crippen molar-refractivity contribution in [1.29, 1.82) is 5.26 Å². The number of rotatable bonds is 5. The molecule has 7 nitrogen and oxygen atoms in total. The van der Waals surface area contributed by atoms with Crippen LogP contribution in [0.25, 0.3) is 0 Å². The van der Waals surface area contributed by atoms with Gasteiger partial charge in [-0.05, 0) is 43.7 Å². The Morgan fingerprint density at radius 1 is 1.18 bits per heavy atom. The van der Waals surface area contributed by atoms with Crippen LogP contribution >= 0.6 is 0 Å². The first-order valence-electron chi connectivity index (χ1n) is 9.25. The first kappa shape index (κ1) is 19.5. The summed E-state index contributed by atoms with van der Waals surface area (Å²) in [5.41, 5.74) is 2.95. The molecule has 3 rings (SSSR count). The smallest absolute Gasteiger partial charge is 0.224 e. The van der Waals surface area contributed by atoms with E-state index in [1.54, 1.807) is 12.1 Å². The van der Waals surface area contributed by atoms with Gasteiger partial charge in [-0.15, -0.1) is 5.10 Å². The van der Waals surface area contributed by atoms with Crippen LogP contribution in [0, 0.1) is 31.0 Å². The SMILES string of the molecule is Cc1nnc(NCCC(=O)N2CCN(c3ccc(F)cc3)CC2)c(C#N)c1C. The van der Waals surface area contributed by atoms with E-state index in [2.05, 4.69) is 26.5 Å². The number of aromatic nitrogens is 2. The van der Waals surface area contributed by atoms with Gasteiger partial charge in [0.15, 0.2) is 5.82 Å². The Morgan fingerprint density at radius 3 is 2.50 bits per heavy atom. The summed E-state index contributed by atoms with van der Waals surface area (Å²) in [6.07, 6.45) is 0.315. The Hall–Kier alpha value is -3.21. The second-order valence-electron chi connectivity index (χ2n) is 6.77. The van der Waals surface area contributed by atoms with E-state index in [-0.39, 0.29) is 11.7 Å². The van der Waals surface area contributed by atoms with Crippen LogP contribution in [0.4, 0.5) is 15.9 Å². The average molecular weight is 382 g/mol. The summed E-state index contributed by atoms with van der Waals surface area (Å²) in [6.45, 7) is 6.72. The zero-order valence-electron chi connectivity index (χ0n) is 16.1. The van der Waals surface area contributed by atoms with Gasteiger partial charge in [0.25, 0.3) is 0 Å². The van der Waals surface area contributed by atoms with E-state index in [1.165, 1.54) is 12.1 Å². The van der Waals surface area contributed by atoms with Crippen molar-refractivity contribution in [3.63, 3.8) is 0 Å². The van der Waals surface area contributed by atoms with Crippen LogP contribution in [0.5, 0.6) is 0 Å². The Morgan fingerprint density at radius 2 is 1.86 bits per heavy atom. The molecule has 1 aliphatic heterocycles. The monoisotopic (exact) mass is 382 g/mol. The average Bonchev–Trinajstić information content (AvgIpc) is 2.71. The standard InChI is InChI=1S/C20H23FN6O/c1-14-15(2)24-25-20(18(14)13-22)23-8-7-19(28)27-11-9-26(10-12-27)17-5-3-16(21)4-6-17/h3-6H,7-12H2,1-2H3,(H,23,25). The number of nitrogens with one attached hydrogen (secondary N) is 1. The molecule has 1 aliphatic rings. The zero-order valence-corrected chi connectivity index (χ0v) is 16.1. The van der Waals surface area contributed by atoms with Crippen molar-refractivity contribution in [3.05, 3.63) is 46.9 Å². The van der Waals surface area contributed by atoms with E-state index >= 15 is 0 Å². The molecular formula is C20H23FN6O. The molecule has 0 spiro atoms. The summed E-state index contributed by atoms with van der Waals surface area (Å²) in [6, 6.07) is 8.55. The molecule has 1 fully saturated rings. The predicted molar refractivity (Wildman–Crippen MR) is 105 cm³/mol. The first-order valence-corrected chi connectivity index (χ1v) is 9.25. The van der Waals surface area contributed by atoms with Crippen molar-refractivity contribution >= 4 is 17.4 Å². The second kappa shape index (κ2) is 8.65. The van der Waals surface area contributed by atoms with Crippen LogP contribution in [0.15, 0.2) is 24.3 Å². The maximum atomic E-state index is 13.0. The molecule has 1 aromatic carbocycles. The van der Waals surface area contributed by atoms with Crippen LogP contribution in [-0.2, 0) is 4.79 Å². The number of hydrogen-bond acceptors (Lipinski definition) is 6. The lowest BCUT2D eigenvalue weighted by Crippen LogP contribution is -2.49. The number of anilines is 2. The van der Waals surface area contributed by atoms with E-state index in [4.69, 9.17) is 0 Å². The molecule has 0 saturated carbocycles. The third-order valence-corrected chi connectivity index (χ3v) is 5.02. The van der Waals surface area contributed by atoms with Gasteiger partial charge < -0.3 is 15.1 Å². The molecule has 1 amide bonds. The Labute approximate surface area is 163 Å². The lowest BCUT2D eigenvalue weighted by Gasteiger charge is -2.36. The molecule has 146 valence electrons. The largest absolute Gasteiger partial charge is 0.368 e. The van der Waals surface area contributed by atoms with E-state index in [0.29, 0.717) is 50.5 Å². The van der Waals surface area contributed by atoms with Crippen molar-refractivity contribution in [2.75, 3.05) is 42.9 Å². The molecule has 1 aromatic heterocycles. The van der Waals surface area contributed by atoms with Crippen molar-refractivity contribution in [1.82, 2.24) is 15.1 Å². The van der Waals surface area contributed by atoms with E-state index in [0.717, 1.165) is 16.9 Å². The van der Waals surface area contributed by atoms with Crippen molar-refractivity contribution < 1.29 is 9.18 Å². The number of hydrogen-bond donors (Lipinski definition) is 1. The minimum Gasteiger partial charge on any atom is -0.368 e. The summed E-state index contributed by atoms with van der Waals surface area (Å²) in [7, 11) is 0. The van der Waals surface area contributed by atoms with Gasteiger partial charge >= 0.3 is 0 Å². The van der Waals surface area contributed by atoms with Gasteiger partial charge in [-0.2, -0.15) is 10.4 Å². The van der Waals surface area contributed by atoms with Gasteiger partial charge in [0.05, 0.1) is 5.69 Å². The molecule has 0 bridgehead atoms. The third-order valence-electron chi connectivity index (χ3n) is 5.02. The van der Waals surface area contributed by atoms with Crippen LogP contribution in [-0.4, -0.2) is 53.7 Å². The Kier molecular flexibility index (Phi) is 6.04. The summed E-state index contributed by atoms with van der Waals surface area (Å²) < 4.78 is 13.0. The van der Waals surface area contributed by atoms with E-state index in [1.807, 2.05) is 18.7 Å². The normalized spacial score (nSPS) is 13.9. The van der Waals surface area contributed by atoms with Gasteiger partial charge in [0.2, 0.25) is 5.91 Å². The topological polar surface area (TPSA) is 85.2 Å². The fourth-order valence-corrected chi connectivity index (χ4v) is 3.18. The second-order valence-corrected chi connectivity index (χ2v) is 6.77. The molecule has 28 heavy (non-hydrogen) atoms. The quantitative estimate of drug-likeness (QED) is 0.854.